The largest absolute Gasteiger partial charge is 0.369 e. The van der Waals surface area contributed by atoms with Crippen LogP contribution in [0.25, 0.3) is 0 Å². The van der Waals surface area contributed by atoms with E-state index >= 15 is 0 Å². The van der Waals surface area contributed by atoms with Crippen molar-refractivity contribution in [2.75, 3.05) is 44.2 Å². The van der Waals surface area contributed by atoms with E-state index in [2.05, 4.69) is 38.8 Å². The van der Waals surface area contributed by atoms with Crippen LogP contribution >= 0.6 is 11.3 Å². The SMILES string of the molecule is O=S(=O)(NCCCN1CCN(c2ccccc2)CC1)c1cccs1. The monoisotopic (exact) mass is 365 g/mol. The number of benzene rings is 1. The van der Waals surface area contributed by atoms with Crippen LogP contribution in [0.15, 0.2) is 52.1 Å². The third-order valence-electron chi connectivity index (χ3n) is 4.20. The van der Waals surface area contributed by atoms with Gasteiger partial charge in [-0.05, 0) is 36.5 Å². The first-order valence-electron chi connectivity index (χ1n) is 8.21. The van der Waals surface area contributed by atoms with Gasteiger partial charge in [-0.3, -0.25) is 4.90 Å². The van der Waals surface area contributed by atoms with Gasteiger partial charge in [0, 0.05) is 38.4 Å². The van der Waals surface area contributed by atoms with Gasteiger partial charge in [0.05, 0.1) is 0 Å². The van der Waals surface area contributed by atoms with Crippen LogP contribution < -0.4 is 9.62 Å². The lowest BCUT2D eigenvalue weighted by Gasteiger charge is -2.36. The molecule has 5 nitrogen and oxygen atoms in total. The molecule has 0 bridgehead atoms. The zero-order valence-corrected chi connectivity index (χ0v) is 15.2. The fourth-order valence-corrected chi connectivity index (χ4v) is 4.98. The molecule has 0 atom stereocenters. The van der Waals surface area contributed by atoms with E-state index in [1.807, 2.05) is 6.07 Å². The Morgan fingerprint density at radius 3 is 2.42 bits per heavy atom. The van der Waals surface area contributed by atoms with Crippen LogP contribution in [0.2, 0.25) is 0 Å². The van der Waals surface area contributed by atoms with Crippen LogP contribution in [0.1, 0.15) is 6.42 Å². The predicted molar refractivity (Wildman–Crippen MR) is 99.2 cm³/mol. The molecule has 0 radical (unpaired) electrons. The van der Waals surface area contributed by atoms with Crippen molar-refractivity contribution in [1.29, 1.82) is 0 Å². The zero-order valence-electron chi connectivity index (χ0n) is 13.6. The zero-order chi connectivity index (χ0) is 16.8. The van der Waals surface area contributed by atoms with Crippen LogP contribution in [0.3, 0.4) is 0 Å². The Balaban J connectivity index is 1.37. The van der Waals surface area contributed by atoms with E-state index in [1.54, 1.807) is 17.5 Å². The van der Waals surface area contributed by atoms with Crippen molar-refractivity contribution >= 4 is 27.0 Å². The molecular weight excluding hydrogens is 342 g/mol. The van der Waals surface area contributed by atoms with Crippen LogP contribution in [-0.2, 0) is 10.0 Å². The Morgan fingerprint density at radius 2 is 1.75 bits per heavy atom. The van der Waals surface area contributed by atoms with Crippen molar-refractivity contribution < 1.29 is 8.42 Å². The van der Waals surface area contributed by atoms with Gasteiger partial charge in [-0.25, -0.2) is 13.1 Å². The summed E-state index contributed by atoms with van der Waals surface area (Å²) >= 11 is 1.25. The molecule has 1 aliphatic rings. The predicted octanol–water partition coefficient (Wildman–Crippen LogP) is 2.24. The number of thiophene rings is 1. The normalized spacial score (nSPS) is 16.4. The summed E-state index contributed by atoms with van der Waals surface area (Å²) in [5.74, 6) is 0. The summed E-state index contributed by atoms with van der Waals surface area (Å²) in [6, 6.07) is 13.9. The second-order valence-corrected chi connectivity index (χ2v) is 8.79. The number of hydrogen-bond donors (Lipinski definition) is 1. The van der Waals surface area contributed by atoms with Gasteiger partial charge in [0.15, 0.2) is 0 Å². The summed E-state index contributed by atoms with van der Waals surface area (Å²) in [7, 11) is -3.32. The molecule has 1 fully saturated rings. The lowest BCUT2D eigenvalue weighted by Crippen LogP contribution is -2.47. The summed E-state index contributed by atoms with van der Waals surface area (Å²) in [5, 5.41) is 1.78. The number of anilines is 1. The van der Waals surface area contributed by atoms with E-state index in [9.17, 15) is 8.42 Å². The van der Waals surface area contributed by atoms with Crippen molar-refractivity contribution in [3.63, 3.8) is 0 Å². The first kappa shape index (κ1) is 17.4. The standard InChI is InChI=1S/C17H23N3O2S2/c21-24(22,17-8-4-15-23-17)18-9-5-10-19-11-13-20(14-12-19)16-6-2-1-3-7-16/h1-4,6-8,15,18H,5,9-14H2. The lowest BCUT2D eigenvalue weighted by atomic mass is 10.2. The minimum atomic E-state index is -3.32. The highest BCUT2D eigenvalue weighted by Gasteiger charge is 2.17. The Kier molecular flexibility index (Phi) is 5.89. The van der Waals surface area contributed by atoms with E-state index in [1.165, 1.54) is 17.0 Å². The van der Waals surface area contributed by atoms with Gasteiger partial charge in [-0.15, -0.1) is 11.3 Å². The maximum Gasteiger partial charge on any atom is 0.250 e. The lowest BCUT2D eigenvalue weighted by molar-refractivity contribution is 0.255. The average molecular weight is 366 g/mol. The second-order valence-electron chi connectivity index (χ2n) is 5.85. The molecule has 1 saturated heterocycles. The van der Waals surface area contributed by atoms with Gasteiger partial charge in [-0.1, -0.05) is 24.3 Å². The number of piperazine rings is 1. The van der Waals surface area contributed by atoms with Crippen LogP contribution in [0.5, 0.6) is 0 Å². The van der Waals surface area contributed by atoms with Crippen molar-refractivity contribution in [3.8, 4) is 0 Å². The van der Waals surface area contributed by atoms with Gasteiger partial charge in [-0.2, -0.15) is 0 Å². The van der Waals surface area contributed by atoms with Crippen LogP contribution in [0.4, 0.5) is 5.69 Å². The molecule has 1 aromatic heterocycles. The molecule has 0 saturated carbocycles. The summed E-state index contributed by atoms with van der Waals surface area (Å²) in [6.45, 7) is 5.49. The van der Waals surface area contributed by atoms with Crippen molar-refractivity contribution in [1.82, 2.24) is 9.62 Å². The smallest absolute Gasteiger partial charge is 0.250 e. The Labute approximate surface area is 148 Å². The third kappa shape index (κ3) is 4.57. The highest BCUT2D eigenvalue weighted by molar-refractivity contribution is 7.91. The fraction of sp³-hybridized carbons (Fsp3) is 0.412. The molecule has 2 aromatic rings. The number of nitrogens with zero attached hydrogens (tertiary/aromatic N) is 2. The minimum Gasteiger partial charge on any atom is -0.369 e. The number of para-hydroxylation sites is 1. The summed E-state index contributed by atoms with van der Waals surface area (Å²) < 4.78 is 27.1. The average Bonchev–Trinajstić information content (AvgIpc) is 3.16. The van der Waals surface area contributed by atoms with E-state index < -0.39 is 10.0 Å². The molecule has 7 heteroatoms. The molecule has 0 spiro atoms. The van der Waals surface area contributed by atoms with Gasteiger partial charge in [0.2, 0.25) is 10.0 Å². The first-order valence-corrected chi connectivity index (χ1v) is 10.6. The quantitative estimate of drug-likeness (QED) is 0.765. The highest BCUT2D eigenvalue weighted by Crippen LogP contribution is 2.16. The van der Waals surface area contributed by atoms with Gasteiger partial charge in [0.25, 0.3) is 0 Å². The first-order chi connectivity index (χ1) is 11.6. The molecule has 3 rings (SSSR count). The van der Waals surface area contributed by atoms with Gasteiger partial charge >= 0.3 is 0 Å². The maximum atomic E-state index is 12.0. The molecule has 0 unspecified atom stereocenters. The molecule has 1 aromatic carbocycles. The Morgan fingerprint density at radius 1 is 1.00 bits per heavy atom. The van der Waals surface area contributed by atoms with Crippen molar-refractivity contribution in [2.24, 2.45) is 0 Å². The molecule has 24 heavy (non-hydrogen) atoms. The van der Waals surface area contributed by atoms with Crippen molar-refractivity contribution in [2.45, 2.75) is 10.6 Å². The topological polar surface area (TPSA) is 52.7 Å². The third-order valence-corrected chi connectivity index (χ3v) is 7.06. The number of sulfonamides is 1. The molecule has 1 N–H and O–H groups in total. The molecular formula is C17H23N3O2S2. The van der Waals surface area contributed by atoms with Gasteiger partial charge < -0.3 is 4.90 Å². The van der Waals surface area contributed by atoms with E-state index in [0.717, 1.165) is 39.1 Å². The second kappa shape index (κ2) is 8.11. The van der Waals surface area contributed by atoms with E-state index in [-0.39, 0.29) is 0 Å². The Bertz CT molecular complexity index is 710. The number of rotatable bonds is 7. The van der Waals surface area contributed by atoms with Crippen LogP contribution in [-0.4, -0.2) is 52.6 Å². The van der Waals surface area contributed by atoms with E-state index in [0.29, 0.717) is 10.8 Å². The van der Waals surface area contributed by atoms with Crippen LogP contribution in [0, 0.1) is 0 Å². The maximum absolute atomic E-state index is 12.0. The number of hydrogen-bond acceptors (Lipinski definition) is 5. The summed E-state index contributed by atoms with van der Waals surface area (Å²) in [4.78, 5) is 4.80. The van der Waals surface area contributed by atoms with Crippen molar-refractivity contribution in [3.05, 3.63) is 47.8 Å². The number of nitrogens with one attached hydrogen (secondary N) is 1. The molecule has 1 aliphatic heterocycles. The molecule has 0 amide bonds. The molecule has 130 valence electrons. The highest BCUT2D eigenvalue weighted by atomic mass is 32.2. The minimum absolute atomic E-state index is 0.388. The Hall–Kier alpha value is -1.41. The summed E-state index contributed by atoms with van der Waals surface area (Å²) in [5.41, 5.74) is 1.28. The van der Waals surface area contributed by atoms with Gasteiger partial charge in [0.1, 0.15) is 4.21 Å². The molecule has 0 aliphatic carbocycles. The summed E-state index contributed by atoms with van der Waals surface area (Å²) in [6.07, 6.45) is 0.829. The molecule has 2 heterocycles. The van der Waals surface area contributed by atoms with E-state index in [4.69, 9.17) is 0 Å². The fourth-order valence-electron chi connectivity index (χ4n) is 2.87.